The van der Waals surface area contributed by atoms with Gasteiger partial charge in [-0.25, -0.2) is 8.42 Å². The first kappa shape index (κ1) is 15.8. The first-order chi connectivity index (χ1) is 8.70. The van der Waals surface area contributed by atoms with Gasteiger partial charge in [0.2, 0.25) is 0 Å². The quantitative estimate of drug-likeness (QED) is 0.609. The van der Waals surface area contributed by atoms with Crippen molar-refractivity contribution in [2.45, 2.75) is 11.1 Å². The van der Waals surface area contributed by atoms with Crippen LogP contribution >= 0.6 is 22.9 Å². The molecule has 1 atom stereocenters. The summed E-state index contributed by atoms with van der Waals surface area (Å²) in [5, 5.41) is 19.3. The maximum Gasteiger partial charge on any atom is 0.300 e. The summed E-state index contributed by atoms with van der Waals surface area (Å²) < 4.78 is 24.8. The molecule has 1 rings (SSSR count). The normalized spacial score (nSPS) is 13.2. The van der Waals surface area contributed by atoms with E-state index in [4.69, 9.17) is 16.9 Å². The first-order valence-electron chi connectivity index (χ1n) is 4.99. The molecule has 0 aliphatic carbocycles. The van der Waals surface area contributed by atoms with Crippen molar-refractivity contribution in [3.05, 3.63) is 20.5 Å². The van der Waals surface area contributed by atoms with Gasteiger partial charge in [-0.3, -0.25) is 10.1 Å². The second-order valence-electron chi connectivity index (χ2n) is 3.80. The molecular weight excluding hydrogens is 314 g/mol. The third-order valence-electron chi connectivity index (χ3n) is 2.26. The number of halogens is 1. The van der Waals surface area contributed by atoms with Gasteiger partial charge in [-0.15, -0.1) is 11.3 Å². The Kier molecular flexibility index (Phi) is 4.86. The molecule has 1 aromatic rings. The lowest BCUT2D eigenvalue weighted by Gasteiger charge is -2.16. The summed E-state index contributed by atoms with van der Waals surface area (Å²) in [7, 11) is -2.56. The van der Waals surface area contributed by atoms with Crippen molar-refractivity contribution in [2.75, 3.05) is 13.6 Å². The average Bonchev–Trinajstić information content (AvgIpc) is 2.71. The number of nitriles is 1. The van der Waals surface area contributed by atoms with Crippen LogP contribution in [0.1, 0.15) is 6.92 Å². The van der Waals surface area contributed by atoms with Gasteiger partial charge >= 0.3 is 0 Å². The largest absolute Gasteiger partial charge is 0.300 e. The van der Waals surface area contributed by atoms with Gasteiger partial charge in [0.05, 0.1) is 16.9 Å². The molecule has 0 amide bonds. The van der Waals surface area contributed by atoms with Gasteiger partial charge in [-0.05, 0) is 6.92 Å². The predicted molar refractivity (Wildman–Crippen MR) is 70.6 cm³/mol. The van der Waals surface area contributed by atoms with Crippen LogP contribution in [0.4, 0.5) is 5.69 Å². The summed E-state index contributed by atoms with van der Waals surface area (Å²) in [6, 6.07) is 2.84. The summed E-state index contributed by atoms with van der Waals surface area (Å²) in [5.41, 5.74) is -0.438. The molecule has 1 heterocycles. The minimum atomic E-state index is -3.87. The lowest BCUT2D eigenvalue weighted by atomic mass is 10.2. The third kappa shape index (κ3) is 3.42. The third-order valence-corrected chi connectivity index (χ3v) is 5.87. The van der Waals surface area contributed by atoms with Gasteiger partial charge < -0.3 is 0 Å². The number of rotatable bonds is 5. The predicted octanol–water partition coefficient (Wildman–Crippen LogP) is 2.09. The number of sulfonamides is 1. The van der Waals surface area contributed by atoms with Crippen LogP contribution in [-0.4, -0.2) is 31.2 Å². The molecule has 104 valence electrons. The van der Waals surface area contributed by atoms with E-state index in [1.807, 2.05) is 6.07 Å². The molecule has 10 heteroatoms. The van der Waals surface area contributed by atoms with Crippen molar-refractivity contribution < 1.29 is 13.3 Å². The fourth-order valence-electron chi connectivity index (χ4n) is 1.27. The van der Waals surface area contributed by atoms with Crippen molar-refractivity contribution in [1.29, 1.82) is 5.26 Å². The Labute approximate surface area is 119 Å². The molecule has 0 radical (unpaired) electrons. The Balaban J connectivity index is 3.11. The van der Waals surface area contributed by atoms with E-state index in [1.165, 1.54) is 7.05 Å². The molecule has 0 aliphatic rings. The number of hydrogen-bond donors (Lipinski definition) is 0. The van der Waals surface area contributed by atoms with Crippen LogP contribution in [0.2, 0.25) is 4.34 Å². The fraction of sp³-hybridized carbons (Fsp3) is 0.444. The smallest absolute Gasteiger partial charge is 0.258 e. The van der Waals surface area contributed by atoms with E-state index in [1.54, 1.807) is 6.92 Å². The standard InChI is InChI=1S/C9H10ClN3O4S2/c1-6(4-11)5-12(2)19(16,17)8-3-7(13(14)15)9(10)18-8/h3,6H,5H2,1-2H3. The monoisotopic (exact) mass is 323 g/mol. The Hall–Kier alpha value is -1.21. The summed E-state index contributed by atoms with van der Waals surface area (Å²) >= 11 is 6.25. The highest BCUT2D eigenvalue weighted by Crippen LogP contribution is 2.37. The van der Waals surface area contributed by atoms with Gasteiger partial charge in [0.25, 0.3) is 15.7 Å². The summed E-state index contributed by atoms with van der Waals surface area (Å²) in [4.78, 5) is 9.89. The molecule has 1 unspecified atom stereocenters. The van der Waals surface area contributed by atoms with E-state index in [-0.39, 0.29) is 15.1 Å². The van der Waals surface area contributed by atoms with E-state index >= 15 is 0 Å². The summed E-state index contributed by atoms with van der Waals surface area (Å²) in [5.74, 6) is -0.481. The zero-order valence-electron chi connectivity index (χ0n) is 10.0. The maximum atomic E-state index is 12.1. The second kappa shape index (κ2) is 5.83. The van der Waals surface area contributed by atoms with Crippen LogP contribution in [-0.2, 0) is 10.0 Å². The lowest BCUT2D eigenvalue weighted by Crippen LogP contribution is -2.30. The first-order valence-corrected chi connectivity index (χ1v) is 7.63. The Morgan fingerprint density at radius 3 is 2.68 bits per heavy atom. The minimum absolute atomic E-state index is 0.00213. The topological polar surface area (TPSA) is 104 Å². The number of nitrogens with zero attached hydrogens (tertiary/aromatic N) is 3. The van der Waals surface area contributed by atoms with E-state index in [0.717, 1.165) is 10.4 Å². The Bertz CT molecular complexity index is 634. The molecule has 0 aromatic carbocycles. The highest BCUT2D eigenvalue weighted by Gasteiger charge is 2.29. The molecule has 19 heavy (non-hydrogen) atoms. The molecule has 0 aliphatic heterocycles. The molecule has 0 bridgehead atoms. The Morgan fingerprint density at radius 1 is 1.68 bits per heavy atom. The minimum Gasteiger partial charge on any atom is -0.258 e. The van der Waals surface area contributed by atoms with Crippen LogP contribution in [0.25, 0.3) is 0 Å². The van der Waals surface area contributed by atoms with Crippen LogP contribution in [0.5, 0.6) is 0 Å². The maximum absolute atomic E-state index is 12.1. The highest BCUT2D eigenvalue weighted by molar-refractivity contribution is 7.91. The Morgan fingerprint density at radius 2 is 2.26 bits per heavy atom. The molecule has 7 nitrogen and oxygen atoms in total. The average molecular weight is 324 g/mol. The van der Waals surface area contributed by atoms with E-state index in [0.29, 0.717) is 11.3 Å². The molecule has 0 spiro atoms. The van der Waals surface area contributed by atoms with Gasteiger partial charge in [0.15, 0.2) is 4.34 Å². The van der Waals surface area contributed by atoms with Crippen molar-refractivity contribution in [3.63, 3.8) is 0 Å². The van der Waals surface area contributed by atoms with E-state index in [2.05, 4.69) is 0 Å². The number of nitro groups is 1. The molecule has 0 saturated carbocycles. The van der Waals surface area contributed by atoms with Crippen molar-refractivity contribution >= 4 is 38.6 Å². The van der Waals surface area contributed by atoms with Crippen LogP contribution < -0.4 is 0 Å². The van der Waals surface area contributed by atoms with Gasteiger partial charge in [-0.2, -0.15) is 9.57 Å². The molecule has 0 saturated heterocycles. The molecule has 1 aromatic heterocycles. The highest BCUT2D eigenvalue weighted by atomic mass is 35.5. The zero-order chi connectivity index (χ0) is 14.8. The number of hydrogen-bond acceptors (Lipinski definition) is 6. The van der Waals surface area contributed by atoms with E-state index < -0.39 is 26.6 Å². The van der Waals surface area contributed by atoms with Crippen LogP contribution in [0.3, 0.4) is 0 Å². The molecule has 0 fully saturated rings. The zero-order valence-corrected chi connectivity index (χ0v) is 12.4. The summed E-state index contributed by atoms with van der Waals surface area (Å²) in [6.07, 6.45) is 0. The van der Waals surface area contributed by atoms with E-state index in [9.17, 15) is 18.5 Å². The van der Waals surface area contributed by atoms with Crippen molar-refractivity contribution in [3.8, 4) is 6.07 Å². The molecule has 0 N–H and O–H groups in total. The lowest BCUT2D eigenvalue weighted by molar-refractivity contribution is -0.384. The fourth-order valence-corrected chi connectivity index (χ4v) is 4.40. The van der Waals surface area contributed by atoms with Crippen molar-refractivity contribution in [1.82, 2.24) is 4.31 Å². The van der Waals surface area contributed by atoms with Gasteiger partial charge in [0, 0.05) is 19.7 Å². The van der Waals surface area contributed by atoms with Crippen LogP contribution in [0, 0.1) is 27.4 Å². The van der Waals surface area contributed by atoms with Crippen molar-refractivity contribution in [2.24, 2.45) is 5.92 Å². The summed E-state index contributed by atoms with van der Waals surface area (Å²) in [6.45, 7) is 1.58. The van der Waals surface area contributed by atoms with Gasteiger partial charge in [-0.1, -0.05) is 11.6 Å². The second-order valence-corrected chi connectivity index (χ2v) is 7.72. The van der Waals surface area contributed by atoms with Crippen LogP contribution in [0.15, 0.2) is 10.3 Å². The van der Waals surface area contributed by atoms with Gasteiger partial charge in [0.1, 0.15) is 4.21 Å². The SMILES string of the molecule is CC(C#N)CN(C)S(=O)(=O)c1cc([N+](=O)[O-])c(Cl)s1. The number of thiophene rings is 1. The molecular formula is C9H10ClN3O4S2.